The average Bonchev–Trinajstić information content (AvgIpc) is 2.28. The summed E-state index contributed by atoms with van der Waals surface area (Å²) in [6.45, 7) is 4.04. The van der Waals surface area contributed by atoms with Crippen molar-refractivity contribution in [1.82, 2.24) is 0 Å². The normalized spacial score (nSPS) is 28.9. The van der Waals surface area contributed by atoms with Gasteiger partial charge in [-0.2, -0.15) is 0 Å². The van der Waals surface area contributed by atoms with Gasteiger partial charge in [-0.05, 0) is 26.7 Å². The molecule has 0 saturated heterocycles. The molecule has 2 aliphatic rings. The molecule has 0 unspecified atom stereocenters. The fourth-order valence-corrected chi connectivity index (χ4v) is 2.36. The van der Waals surface area contributed by atoms with Crippen molar-refractivity contribution in [1.29, 1.82) is 0 Å². The molecule has 0 aromatic heterocycles. The van der Waals surface area contributed by atoms with Crippen LogP contribution in [0.15, 0.2) is 9.98 Å². The summed E-state index contributed by atoms with van der Waals surface area (Å²) in [7, 11) is 0. The molecule has 0 aromatic rings. The van der Waals surface area contributed by atoms with Crippen LogP contribution in [0, 0.1) is 0 Å². The summed E-state index contributed by atoms with van der Waals surface area (Å²) < 4.78 is 4.98. The molecule has 16 heavy (non-hydrogen) atoms. The first-order valence-electron chi connectivity index (χ1n) is 6.02. The van der Waals surface area contributed by atoms with Crippen molar-refractivity contribution in [2.45, 2.75) is 51.6 Å². The molecule has 1 saturated carbocycles. The molecule has 2 atom stereocenters. The molecule has 1 aliphatic carbocycles. The number of carbonyl (C=O) groups excluding carboxylic acids is 1. The highest BCUT2D eigenvalue weighted by Crippen LogP contribution is 2.26. The van der Waals surface area contributed by atoms with E-state index in [1.165, 1.54) is 12.8 Å². The molecule has 0 radical (unpaired) electrons. The third-order valence-corrected chi connectivity index (χ3v) is 3.16. The van der Waals surface area contributed by atoms with Crippen LogP contribution in [0.5, 0.6) is 0 Å². The van der Waals surface area contributed by atoms with Gasteiger partial charge in [0.2, 0.25) is 0 Å². The van der Waals surface area contributed by atoms with Crippen LogP contribution in [0.3, 0.4) is 0 Å². The minimum atomic E-state index is -0.326. The monoisotopic (exact) mass is 222 g/mol. The van der Waals surface area contributed by atoms with E-state index in [2.05, 4.69) is 9.98 Å². The Hall–Kier alpha value is -1.19. The van der Waals surface area contributed by atoms with Gasteiger partial charge >= 0.3 is 5.97 Å². The molecule has 0 bridgehead atoms. The van der Waals surface area contributed by atoms with Gasteiger partial charge in [-0.15, -0.1) is 0 Å². The first-order valence-corrected chi connectivity index (χ1v) is 6.02. The lowest BCUT2D eigenvalue weighted by Crippen LogP contribution is -2.38. The van der Waals surface area contributed by atoms with Crippen LogP contribution in [0.1, 0.15) is 39.5 Å². The second-order valence-corrected chi connectivity index (χ2v) is 4.33. The molecule has 88 valence electrons. The summed E-state index contributed by atoms with van der Waals surface area (Å²) >= 11 is 0. The Bertz CT molecular complexity index is 347. The lowest BCUT2D eigenvalue weighted by molar-refractivity contribution is -0.134. The van der Waals surface area contributed by atoms with Crippen LogP contribution < -0.4 is 0 Å². The predicted molar refractivity (Wildman–Crippen MR) is 63.2 cm³/mol. The van der Waals surface area contributed by atoms with E-state index in [9.17, 15) is 4.79 Å². The molecule has 0 amide bonds. The van der Waals surface area contributed by atoms with Gasteiger partial charge in [0, 0.05) is 0 Å². The molecule has 1 fully saturated rings. The summed E-state index contributed by atoms with van der Waals surface area (Å²) in [6.07, 6.45) is 4.56. The van der Waals surface area contributed by atoms with Crippen molar-refractivity contribution in [2.24, 2.45) is 9.98 Å². The highest BCUT2D eigenvalue weighted by Gasteiger charge is 2.31. The zero-order valence-corrected chi connectivity index (χ0v) is 9.90. The molecule has 1 heterocycles. The number of esters is 1. The zero-order valence-electron chi connectivity index (χ0n) is 9.90. The molecule has 4 heteroatoms. The lowest BCUT2D eigenvalue weighted by atomic mass is 9.89. The average molecular weight is 222 g/mol. The first kappa shape index (κ1) is 11.3. The molecule has 0 N–H and O–H groups in total. The highest BCUT2D eigenvalue weighted by atomic mass is 16.5. The zero-order chi connectivity index (χ0) is 11.5. The smallest absolute Gasteiger partial charge is 0.358 e. The first-order chi connectivity index (χ1) is 7.72. The molecule has 0 aromatic carbocycles. The van der Waals surface area contributed by atoms with Crippen LogP contribution in [-0.2, 0) is 9.53 Å². The third kappa shape index (κ3) is 2.15. The Morgan fingerprint density at radius 3 is 2.56 bits per heavy atom. The second kappa shape index (κ2) is 4.76. The van der Waals surface area contributed by atoms with Gasteiger partial charge in [0.05, 0.1) is 24.4 Å². The quantitative estimate of drug-likeness (QED) is 0.669. The van der Waals surface area contributed by atoms with E-state index in [1.807, 2.05) is 6.92 Å². The summed E-state index contributed by atoms with van der Waals surface area (Å²) in [5.74, 6) is -0.326. The van der Waals surface area contributed by atoms with Gasteiger partial charge in [0.1, 0.15) is 0 Å². The number of rotatable bonds is 2. The van der Waals surface area contributed by atoms with E-state index in [0.717, 1.165) is 18.6 Å². The fourth-order valence-electron chi connectivity index (χ4n) is 2.36. The van der Waals surface area contributed by atoms with E-state index < -0.39 is 0 Å². The summed E-state index contributed by atoms with van der Waals surface area (Å²) in [6, 6.07) is 0.504. The number of aliphatic imine (C=N–C) groups is 2. The molecular formula is C12H18N2O2. The van der Waals surface area contributed by atoms with Crippen molar-refractivity contribution >= 4 is 17.4 Å². The highest BCUT2D eigenvalue weighted by molar-refractivity contribution is 6.65. The minimum Gasteiger partial charge on any atom is -0.461 e. The van der Waals surface area contributed by atoms with Crippen molar-refractivity contribution in [2.75, 3.05) is 6.61 Å². The predicted octanol–water partition coefficient (Wildman–Crippen LogP) is 1.78. The maximum absolute atomic E-state index is 11.6. The summed E-state index contributed by atoms with van der Waals surface area (Å²) in [5.41, 5.74) is 1.17. The van der Waals surface area contributed by atoms with Crippen LogP contribution in [0.4, 0.5) is 0 Å². The van der Waals surface area contributed by atoms with Crippen LogP contribution in [-0.4, -0.2) is 36.1 Å². The van der Waals surface area contributed by atoms with Crippen LogP contribution >= 0.6 is 0 Å². The number of carbonyl (C=O) groups is 1. The Labute approximate surface area is 95.8 Å². The van der Waals surface area contributed by atoms with Gasteiger partial charge in [-0.1, -0.05) is 12.8 Å². The maximum atomic E-state index is 11.6. The van der Waals surface area contributed by atoms with E-state index in [4.69, 9.17) is 4.74 Å². The van der Waals surface area contributed by atoms with Crippen LogP contribution in [0.25, 0.3) is 0 Å². The molecule has 1 aliphatic heterocycles. The van der Waals surface area contributed by atoms with Gasteiger partial charge in [-0.25, -0.2) is 4.79 Å². The number of ether oxygens (including phenoxy) is 1. The van der Waals surface area contributed by atoms with E-state index >= 15 is 0 Å². The Balaban J connectivity index is 2.16. The summed E-state index contributed by atoms with van der Waals surface area (Å²) in [4.78, 5) is 20.7. The second-order valence-electron chi connectivity index (χ2n) is 4.33. The van der Waals surface area contributed by atoms with Gasteiger partial charge in [-0.3, -0.25) is 9.98 Å². The SMILES string of the molecule is CCOC(=O)C1=N[C@@H]2CCCC[C@H]2N=C1C. The van der Waals surface area contributed by atoms with E-state index in [1.54, 1.807) is 6.92 Å². The Kier molecular flexibility index (Phi) is 3.36. The maximum Gasteiger partial charge on any atom is 0.358 e. The van der Waals surface area contributed by atoms with Crippen molar-refractivity contribution in [3.05, 3.63) is 0 Å². The molecule has 4 nitrogen and oxygen atoms in total. The summed E-state index contributed by atoms with van der Waals surface area (Å²) in [5, 5.41) is 0. The number of fused-ring (bicyclic) bond motifs is 1. The third-order valence-electron chi connectivity index (χ3n) is 3.16. The van der Waals surface area contributed by atoms with E-state index in [-0.39, 0.29) is 12.0 Å². The van der Waals surface area contributed by atoms with Gasteiger partial charge < -0.3 is 4.74 Å². The number of hydrogen-bond donors (Lipinski definition) is 0. The minimum absolute atomic E-state index is 0.205. The van der Waals surface area contributed by atoms with Gasteiger partial charge in [0.25, 0.3) is 0 Å². The fraction of sp³-hybridized carbons (Fsp3) is 0.750. The molecule has 0 spiro atoms. The topological polar surface area (TPSA) is 51.0 Å². The lowest BCUT2D eigenvalue weighted by Gasteiger charge is -2.29. The van der Waals surface area contributed by atoms with E-state index in [0.29, 0.717) is 18.4 Å². The Morgan fingerprint density at radius 1 is 1.31 bits per heavy atom. The Morgan fingerprint density at radius 2 is 1.94 bits per heavy atom. The van der Waals surface area contributed by atoms with Crippen molar-refractivity contribution in [3.63, 3.8) is 0 Å². The standard InChI is InChI=1S/C12H18N2O2/c1-3-16-12(15)11-8(2)13-9-6-4-5-7-10(9)14-11/h9-10H,3-7H2,1-2H3/t9-,10-/m1/s1. The van der Waals surface area contributed by atoms with Crippen LogP contribution in [0.2, 0.25) is 0 Å². The molecule has 2 rings (SSSR count). The number of nitrogens with zero attached hydrogens (tertiary/aromatic N) is 2. The van der Waals surface area contributed by atoms with Crippen molar-refractivity contribution in [3.8, 4) is 0 Å². The number of hydrogen-bond acceptors (Lipinski definition) is 4. The van der Waals surface area contributed by atoms with Gasteiger partial charge in [0.15, 0.2) is 5.71 Å². The largest absolute Gasteiger partial charge is 0.461 e. The van der Waals surface area contributed by atoms with Crippen molar-refractivity contribution < 1.29 is 9.53 Å². The molecular weight excluding hydrogens is 204 g/mol.